The van der Waals surface area contributed by atoms with Crippen molar-refractivity contribution in [2.45, 2.75) is 39.7 Å². The van der Waals surface area contributed by atoms with Crippen molar-refractivity contribution in [2.24, 2.45) is 5.92 Å². The molecular formula is C16H26N2. The lowest BCUT2D eigenvalue weighted by Crippen LogP contribution is -2.33. The fourth-order valence-corrected chi connectivity index (χ4v) is 2.74. The number of hydrogen-bond acceptors (Lipinski definition) is 2. The third-order valence-electron chi connectivity index (χ3n) is 4.03. The Hall–Kier alpha value is -1.02. The molecule has 0 aromatic heterocycles. The van der Waals surface area contributed by atoms with Crippen molar-refractivity contribution in [1.29, 1.82) is 0 Å². The normalized spacial score (nSPS) is 15.5. The summed E-state index contributed by atoms with van der Waals surface area (Å²) in [6.45, 7) is 7.73. The van der Waals surface area contributed by atoms with Crippen LogP contribution in [0.1, 0.15) is 37.3 Å². The highest BCUT2D eigenvalue weighted by molar-refractivity contribution is 5.55. The first kappa shape index (κ1) is 13.4. The molecule has 0 bridgehead atoms. The van der Waals surface area contributed by atoms with E-state index in [0.29, 0.717) is 0 Å². The topological polar surface area (TPSA) is 15.3 Å². The molecule has 18 heavy (non-hydrogen) atoms. The van der Waals surface area contributed by atoms with E-state index in [1.807, 2.05) is 7.05 Å². The molecule has 1 aromatic rings. The molecule has 0 saturated heterocycles. The van der Waals surface area contributed by atoms with Crippen molar-refractivity contribution >= 4 is 5.69 Å². The van der Waals surface area contributed by atoms with E-state index in [0.717, 1.165) is 19.0 Å². The molecular weight excluding hydrogens is 220 g/mol. The zero-order valence-electron chi connectivity index (χ0n) is 12.0. The van der Waals surface area contributed by atoms with Crippen molar-refractivity contribution in [3.63, 3.8) is 0 Å². The molecule has 2 nitrogen and oxygen atoms in total. The number of nitrogens with one attached hydrogen (secondary N) is 1. The average molecular weight is 246 g/mol. The van der Waals surface area contributed by atoms with Gasteiger partial charge >= 0.3 is 0 Å². The minimum Gasteiger partial charge on any atom is -0.371 e. The van der Waals surface area contributed by atoms with Crippen molar-refractivity contribution in [1.82, 2.24) is 5.32 Å². The maximum Gasteiger partial charge on any atom is 0.0412 e. The Kier molecular flexibility index (Phi) is 4.65. The fourth-order valence-electron chi connectivity index (χ4n) is 2.74. The highest BCUT2D eigenvalue weighted by Crippen LogP contribution is 2.30. The second kappa shape index (κ2) is 6.24. The monoisotopic (exact) mass is 246 g/mol. The van der Waals surface area contributed by atoms with E-state index in [1.165, 1.54) is 42.6 Å². The molecule has 1 saturated carbocycles. The second-order valence-electron chi connectivity index (χ2n) is 5.50. The molecule has 0 spiro atoms. The van der Waals surface area contributed by atoms with Gasteiger partial charge in [-0.2, -0.15) is 0 Å². The smallest absolute Gasteiger partial charge is 0.0412 e. The molecule has 0 atom stereocenters. The summed E-state index contributed by atoms with van der Waals surface area (Å²) in [6, 6.07) is 6.84. The summed E-state index contributed by atoms with van der Waals surface area (Å²) >= 11 is 0. The van der Waals surface area contributed by atoms with Gasteiger partial charge in [-0.3, -0.25) is 0 Å². The molecule has 100 valence electrons. The van der Waals surface area contributed by atoms with Gasteiger partial charge in [0, 0.05) is 25.3 Å². The van der Waals surface area contributed by atoms with Crippen LogP contribution in [-0.4, -0.2) is 20.1 Å². The molecule has 1 fully saturated rings. The molecule has 0 radical (unpaired) electrons. The highest BCUT2D eigenvalue weighted by atomic mass is 15.1. The number of nitrogens with zero attached hydrogens (tertiary/aromatic N) is 1. The summed E-state index contributed by atoms with van der Waals surface area (Å²) in [7, 11) is 2.02. The van der Waals surface area contributed by atoms with Crippen LogP contribution in [-0.2, 0) is 6.54 Å². The van der Waals surface area contributed by atoms with Crippen molar-refractivity contribution < 1.29 is 0 Å². The van der Waals surface area contributed by atoms with Crippen molar-refractivity contribution in [3.05, 3.63) is 29.3 Å². The lowest BCUT2D eigenvalue weighted by molar-refractivity contribution is 0.318. The Morgan fingerprint density at radius 2 is 2.11 bits per heavy atom. The molecule has 1 N–H and O–H groups in total. The Bertz CT molecular complexity index is 383. The van der Waals surface area contributed by atoms with E-state index < -0.39 is 0 Å². The van der Waals surface area contributed by atoms with Crippen LogP contribution in [0.3, 0.4) is 0 Å². The molecule has 1 aliphatic carbocycles. The first-order valence-electron chi connectivity index (χ1n) is 7.23. The van der Waals surface area contributed by atoms with E-state index in [2.05, 4.69) is 42.3 Å². The lowest BCUT2D eigenvalue weighted by atomic mass is 9.85. The van der Waals surface area contributed by atoms with Crippen LogP contribution in [0.25, 0.3) is 0 Å². The van der Waals surface area contributed by atoms with Gasteiger partial charge in [0.05, 0.1) is 0 Å². The SMILES string of the molecule is CCN(CC1CCC1)c1ccc(C)cc1CNC. The van der Waals surface area contributed by atoms with E-state index in [4.69, 9.17) is 0 Å². The van der Waals surface area contributed by atoms with Crippen LogP contribution in [0.4, 0.5) is 5.69 Å². The average Bonchev–Trinajstić information content (AvgIpc) is 2.30. The van der Waals surface area contributed by atoms with E-state index >= 15 is 0 Å². The summed E-state index contributed by atoms with van der Waals surface area (Å²) in [4.78, 5) is 2.55. The molecule has 1 aliphatic rings. The van der Waals surface area contributed by atoms with Gasteiger partial charge in [0.1, 0.15) is 0 Å². The van der Waals surface area contributed by atoms with E-state index in [1.54, 1.807) is 0 Å². The van der Waals surface area contributed by atoms with Gasteiger partial charge < -0.3 is 10.2 Å². The molecule has 2 rings (SSSR count). The number of aryl methyl sites for hydroxylation is 1. The maximum atomic E-state index is 3.29. The third kappa shape index (κ3) is 3.05. The van der Waals surface area contributed by atoms with Crippen molar-refractivity contribution in [2.75, 3.05) is 25.0 Å². The minimum atomic E-state index is 0.925. The van der Waals surface area contributed by atoms with E-state index in [9.17, 15) is 0 Å². The van der Waals surface area contributed by atoms with Crippen LogP contribution in [0.15, 0.2) is 18.2 Å². The van der Waals surface area contributed by atoms with Gasteiger partial charge in [0.15, 0.2) is 0 Å². The van der Waals surface area contributed by atoms with Crippen LogP contribution in [0, 0.1) is 12.8 Å². The predicted octanol–water partition coefficient (Wildman–Crippen LogP) is 3.34. The largest absolute Gasteiger partial charge is 0.371 e. The summed E-state index contributed by atoms with van der Waals surface area (Å²) in [5.74, 6) is 0.925. The van der Waals surface area contributed by atoms with Crippen LogP contribution < -0.4 is 10.2 Å². The van der Waals surface area contributed by atoms with Gasteiger partial charge in [-0.15, -0.1) is 0 Å². The van der Waals surface area contributed by atoms with Gasteiger partial charge in [0.2, 0.25) is 0 Å². The molecule has 0 unspecified atom stereocenters. The standard InChI is InChI=1S/C16H26N2/c1-4-18(12-14-6-5-7-14)16-9-8-13(2)10-15(16)11-17-3/h8-10,14,17H,4-7,11-12H2,1-3H3. The Labute approximate surface area is 111 Å². The molecule has 0 amide bonds. The minimum absolute atomic E-state index is 0.925. The van der Waals surface area contributed by atoms with Crippen molar-refractivity contribution in [3.8, 4) is 0 Å². The maximum absolute atomic E-state index is 3.29. The second-order valence-corrected chi connectivity index (χ2v) is 5.50. The summed E-state index contributed by atoms with van der Waals surface area (Å²) in [5.41, 5.74) is 4.20. The molecule has 2 heteroatoms. The Balaban J connectivity index is 2.16. The number of benzene rings is 1. The first-order chi connectivity index (χ1) is 8.74. The van der Waals surface area contributed by atoms with Crippen LogP contribution in [0.2, 0.25) is 0 Å². The predicted molar refractivity (Wildman–Crippen MR) is 79.2 cm³/mol. The number of rotatable bonds is 6. The lowest BCUT2D eigenvalue weighted by Gasteiger charge is -2.34. The zero-order chi connectivity index (χ0) is 13.0. The number of anilines is 1. The van der Waals surface area contributed by atoms with Gasteiger partial charge in [-0.05, 0) is 51.3 Å². The van der Waals surface area contributed by atoms with E-state index in [-0.39, 0.29) is 0 Å². The Morgan fingerprint density at radius 1 is 1.33 bits per heavy atom. The number of hydrogen-bond donors (Lipinski definition) is 1. The van der Waals surface area contributed by atoms with Gasteiger partial charge in [-0.1, -0.05) is 24.1 Å². The van der Waals surface area contributed by atoms with Gasteiger partial charge in [0.25, 0.3) is 0 Å². The van der Waals surface area contributed by atoms with Crippen LogP contribution >= 0.6 is 0 Å². The molecule has 0 aliphatic heterocycles. The zero-order valence-corrected chi connectivity index (χ0v) is 12.0. The van der Waals surface area contributed by atoms with Gasteiger partial charge in [-0.25, -0.2) is 0 Å². The van der Waals surface area contributed by atoms with Crippen LogP contribution in [0.5, 0.6) is 0 Å². The fraction of sp³-hybridized carbons (Fsp3) is 0.625. The summed E-state index contributed by atoms with van der Waals surface area (Å²) in [5, 5.41) is 3.29. The first-order valence-corrected chi connectivity index (χ1v) is 7.23. The molecule has 1 aromatic carbocycles. The quantitative estimate of drug-likeness (QED) is 0.828. The Morgan fingerprint density at radius 3 is 2.67 bits per heavy atom. The molecule has 0 heterocycles. The summed E-state index contributed by atoms with van der Waals surface area (Å²) < 4.78 is 0. The highest BCUT2D eigenvalue weighted by Gasteiger charge is 2.21. The third-order valence-corrected chi connectivity index (χ3v) is 4.03. The summed E-state index contributed by atoms with van der Waals surface area (Å²) in [6.07, 6.45) is 4.27.